The number of carbonyl (C=O) groups is 1. The first-order chi connectivity index (χ1) is 9.04. The number of rotatable bonds is 3. The van der Waals surface area contributed by atoms with Crippen LogP contribution in [0.2, 0.25) is 0 Å². The van der Waals surface area contributed by atoms with Crippen LogP contribution in [0.3, 0.4) is 0 Å². The highest BCUT2D eigenvalue weighted by molar-refractivity contribution is 6.03. The van der Waals surface area contributed by atoms with Crippen molar-refractivity contribution in [3.05, 3.63) is 11.6 Å². The molecule has 0 saturated heterocycles. The van der Waals surface area contributed by atoms with Gasteiger partial charge in [-0.3, -0.25) is 0 Å². The van der Waals surface area contributed by atoms with Gasteiger partial charge in [-0.05, 0) is 50.4 Å². The Labute approximate surface area is 114 Å². The van der Waals surface area contributed by atoms with Crippen molar-refractivity contribution in [2.75, 3.05) is 6.54 Å². The molecule has 0 aromatic rings. The lowest BCUT2D eigenvalue weighted by molar-refractivity contribution is 0.178. The molecule has 3 unspecified atom stereocenters. The molecule has 1 aliphatic heterocycles. The molecular formula is C15H23N3O. The van der Waals surface area contributed by atoms with Crippen molar-refractivity contribution in [1.29, 1.82) is 0 Å². The molecule has 19 heavy (non-hydrogen) atoms. The van der Waals surface area contributed by atoms with E-state index < -0.39 is 0 Å². The zero-order valence-electron chi connectivity index (χ0n) is 11.8. The topological polar surface area (TPSA) is 58.7 Å². The Morgan fingerprint density at radius 2 is 2.21 bits per heavy atom. The molecule has 4 nitrogen and oxygen atoms in total. The third-order valence-corrected chi connectivity index (χ3v) is 4.54. The summed E-state index contributed by atoms with van der Waals surface area (Å²) in [5.41, 5.74) is 7.46. The molecule has 1 saturated carbocycles. The fourth-order valence-corrected chi connectivity index (χ4v) is 3.62. The second-order valence-electron chi connectivity index (χ2n) is 6.55. The second-order valence-corrected chi connectivity index (χ2v) is 6.55. The van der Waals surface area contributed by atoms with Gasteiger partial charge in [0.05, 0.1) is 6.04 Å². The summed E-state index contributed by atoms with van der Waals surface area (Å²) in [5.74, 6) is 2.24. The largest absolute Gasteiger partial charge is 0.385 e. The highest BCUT2D eigenvalue weighted by atomic mass is 16.2. The standard InChI is InChI=1S/C15H23N3O/c1-9-5-10(2)7-12(6-9)13-14(16)17-15(19)18(13)8-11-3-4-11/h5,9,11-13H,3-4,6-8H2,1-2H3,(H2,16,17,19). The van der Waals surface area contributed by atoms with E-state index in [4.69, 9.17) is 5.73 Å². The first-order valence-electron chi connectivity index (χ1n) is 7.36. The summed E-state index contributed by atoms with van der Waals surface area (Å²) in [5, 5.41) is 0. The Hall–Kier alpha value is -1.32. The Balaban J connectivity index is 1.78. The van der Waals surface area contributed by atoms with Gasteiger partial charge in [-0.2, -0.15) is 4.99 Å². The third kappa shape index (κ3) is 2.53. The van der Waals surface area contributed by atoms with E-state index in [0.717, 1.165) is 19.4 Å². The van der Waals surface area contributed by atoms with Gasteiger partial charge >= 0.3 is 6.03 Å². The number of nitrogens with two attached hydrogens (primary N) is 1. The molecule has 0 radical (unpaired) electrons. The van der Waals surface area contributed by atoms with Crippen molar-refractivity contribution in [2.24, 2.45) is 28.5 Å². The van der Waals surface area contributed by atoms with Gasteiger partial charge in [-0.15, -0.1) is 0 Å². The van der Waals surface area contributed by atoms with Crippen LogP contribution in [-0.4, -0.2) is 29.4 Å². The Morgan fingerprint density at radius 3 is 2.84 bits per heavy atom. The van der Waals surface area contributed by atoms with Crippen LogP contribution in [0.1, 0.15) is 39.5 Å². The maximum atomic E-state index is 12.0. The number of amidine groups is 1. The Morgan fingerprint density at radius 1 is 1.47 bits per heavy atom. The minimum Gasteiger partial charge on any atom is -0.385 e. The fraction of sp³-hybridized carbons (Fsp3) is 0.733. The summed E-state index contributed by atoms with van der Waals surface area (Å²) < 4.78 is 0. The van der Waals surface area contributed by atoms with Crippen LogP contribution in [0.15, 0.2) is 16.6 Å². The number of urea groups is 1. The van der Waals surface area contributed by atoms with Crippen LogP contribution in [0.25, 0.3) is 0 Å². The summed E-state index contributed by atoms with van der Waals surface area (Å²) in [6, 6.07) is -0.0755. The van der Waals surface area contributed by atoms with Gasteiger partial charge in [0.25, 0.3) is 0 Å². The highest BCUT2D eigenvalue weighted by Gasteiger charge is 2.42. The zero-order chi connectivity index (χ0) is 13.6. The second kappa shape index (κ2) is 4.66. The molecule has 104 valence electrons. The van der Waals surface area contributed by atoms with Gasteiger partial charge in [0.2, 0.25) is 0 Å². The van der Waals surface area contributed by atoms with Crippen LogP contribution in [0.5, 0.6) is 0 Å². The van der Waals surface area contributed by atoms with Crippen molar-refractivity contribution in [1.82, 2.24) is 4.90 Å². The van der Waals surface area contributed by atoms with Crippen molar-refractivity contribution < 1.29 is 4.79 Å². The van der Waals surface area contributed by atoms with Crippen molar-refractivity contribution in [3.8, 4) is 0 Å². The van der Waals surface area contributed by atoms with Crippen LogP contribution in [0, 0.1) is 17.8 Å². The smallest absolute Gasteiger partial charge is 0.345 e. The Kier molecular flexibility index (Phi) is 3.11. The highest BCUT2D eigenvalue weighted by Crippen LogP contribution is 2.37. The molecule has 0 spiro atoms. The quantitative estimate of drug-likeness (QED) is 0.794. The fourth-order valence-electron chi connectivity index (χ4n) is 3.62. The van der Waals surface area contributed by atoms with Crippen LogP contribution >= 0.6 is 0 Å². The Bertz CT molecular complexity index is 450. The molecule has 3 atom stereocenters. The molecule has 3 aliphatic rings. The van der Waals surface area contributed by atoms with Crippen LogP contribution in [-0.2, 0) is 0 Å². The SMILES string of the molecule is CC1=CC(C)CC(C2C(N)=NC(=O)N2CC2CC2)C1. The average Bonchev–Trinajstić information content (AvgIpc) is 3.05. The lowest BCUT2D eigenvalue weighted by Crippen LogP contribution is -2.47. The van der Waals surface area contributed by atoms with Crippen LogP contribution < -0.4 is 5.73 Å². The van der Waals surface area contributed by atoms with E-state index in [1.165, 1.54) is 18.4 Å². The summed E-state index contributed by atoms with van der Waals surface area (Å²) in [4.78, 5) is 18.0. The number of nitrogens with zero attached hydrogens (tertiary/aromatic N) is 2. The average molecular weight is 261 g/mol. The first kappa shape index (κ1) is 12.7. The molecule has 2 N–H and O–H groups in total. The first-order valence-corrected chi connectivity index (χ1v) is 7.36. The monoisotopic (exact) mass is 261 g/mol. The number of hydrogen-bond acceptors (Lipinski definition) is 2. The lowest BCUT2D eigenvalue weighted by atomic mass is 9.79. The van der Waals surface area contributed by atoms with Gasteiger partial charge < -0.3 is 10.6 Å². The van der Waals surface area contributed by atoms with E-state index in [1.54, 1.807) is 0 Å². The normalized spacial score (nSPS) is 35.4. The minimum absolute atomic E-state index is 0.0409. The molecule has 2 amide bonds. The van der Waals surface area contributed by atoms with E-state index in [9.17, 15) is 4.79 Å². The lowest BCUT2D eigenvalue weighted by Gasteiger charge is -2.35. The van der Waals surface area contributed by atoms with Gasteiger partial charge in [0.15, 0.2) is 0 Å². The number of hydrogen-bond donors (Lipinski definition) is 1. The molecule has 4 heteroatoms. The molecule has 2 aliphatic carbocycles. The van der Waals surface area contributed by atoms with Gasteiger partial charge in [0.1, 0.15) is 5.84 Å². The predicted molar refractivity (Wildman–Crippen MR) is 75.9 cm³/mol. The molecule has 3 rings (SSSR count). The van der Waals surface area contributed by atoms with Gasteiger partial charge in [-0.1, -0.05) is 18.6 Å². The molecule has 0 aromatic carbocycles. The molecule has 0 aromatic heterocycles. The summed E-state index contributed by atoms with van der Waals surface area (Å²) in [6.45, 7) is 5.27. The van der Waals surface area contributed by atoms with E-state index in [2.05, 4.69) is 24.9 Å². The molecule has 1 heterocycles. The molecule has 1 fully saturated rings. The zero-order valence-corrected chi connectivity index (χ0v) is 11.8. The predicted octanol–water partition coefficient (Wildman–Crippen LogP) is 2.55. The number of allylic oxidation sites excluding steroid dienone is 2. The third-order valence-electron chi connectivity index (χ3n) is 4.54. The van der Waals surface area contributed by atoms with E-state index in [0.29, 0.717) is 23.6 Å². The molecule has 0 bridgehead atoms. The number of carbonyl (C=O) groups excluding carboxylic acids is 1. The number of aliphatic imine (C=N–C) groups is 1. The maximum Gasteiger partial charge on any atom is 0.345 e. The summed E-state index contributed by atoms with van der Waals surface area (Å²) in [7, 11) is 0. The van der Waals surface area contributed by atoms with Gasteiger partial charge in [0, 0.05) is 6.54 Å². The van der Waals surface area contributed by atoms with Gasteiger partial charge in [-0.25, -0.2) is 4.79 Å². The maximum absolute atomic E-state index is 12.0. The number of amides is 2. The van der Waals surface area contributed by atoms with E-state index in [-0.39, 0.29) is 12.1 Å². The summed E-state index contributed by atoms with van der Waals surface area (Å²) >= 11 is 0. The van der Waals surface area contributed by atoms with Crippen LogP contribution in [0.4, 0.5) is 4.79 Å². The van der Waals surface area contributed by atoms with Crippen molar-refractivity contribution in [3.63, 3.8) is 0 Å². The van der Waals surface area contributed by atoms with Crippen molar-refractivity contribution >= 4 is 11.9 Å². The summed E-state index contributed by atoms with van der Waals surface area (Å²) in [6.07, 6.45) is 6.98. The minimum atomic E-state index is -0.116. The molecular weight excluding hydrogens is 238 g/mol. The van der Waals surface area contributed by atoms with Crippen molar-refractivity contribution in [2.45, 2.75) is 45.6 Å². The van der Waals surface area contributed by atoms with E-state index in [1.807, 2.05) is 4.90 Å². The van der Waals surface area contributed by atoms with E-state index >= 15 is 0 Å².